The summed E-state index contributed by atoms with van der Waals surface area (Å²) in [5, 5.41) is 3.13. The zero-order valence-electron chi connectivity index (χ0n) is 19.7. The van der Waals surface area contributed by atoms with Crippen molar-refractivity contribution in [2.45, 2.75) is 38.5 Å². The summed E-state index contributed by atoms with van der Waals surface area (Å²) in [6.45, 7) is 5.41. The van der Waals surface area contributed by atoms with E-state index in [1.165, 1.54) is 29.6 Å². The molecule has 0 aliphatic carbocycles. The summed E-state index contributed by atoms with van der Waals surface area (Å²) in [6, 6.07) is 47.1. The molecule has 1 nitrogen and oxygen atoms in total. The topological polar surface area (TPSA) is 3.24 Å². The lowest BCUT2D eigenvalue weighted by molar-refractivity contribution is 0.270. The number of nitrogens with zero attached hydrogens (tertiary/aromatic N) is 1. The van der Waals surface area contributed by atoms with Crippen LogP contribution < -0.4 is 10.4 Å². The van der Waals surface area contributed by atoms with Crippen molar-refractivity contribution in [1.82, 2.24) is 4.90 Å². The maximum atomic E-state index is 2.65. The van der Waals surface area contributed by atoms with E-state index in [2.05, 4.69) is 133 Å². The highest BCUT2D eigenvalue weighted by atomic mass is 28.3. The van der Waals surface area contributed by atoms with Crippen LogP contribution in [0.15, 0.2) is 121 Å². The molecule has 4 rings (SSSR count). The molecule has 0 aliphatic heterocycles. The molecule has 0 bridgehead atoms. The van der Waals surface area contributed by atoms with Crippen LogP contribution in [0.1, 0.15) is 24.5 Å². The fraction of sp³-hybridized carbons (Fsp3) is 0.226. The van der Waals surface area contributed by atoms with Crippen LogP contribution in [0, 0.1) is 0 Å². The SMILES string of the molecule is CCC[Si](CCN(Cc1ccccc1)Cc1ccccc1)(c1ccccc1)c1ccccc1. The van der Waals surface area contributed by atoms with E-state index in [1.807, 2.05) is 0 Å². The van der Waals surface area contributed by atoms with Gasteiger partial charge in [0.2, 0.25) is 0 Å². The average molecular weight is 450 g/mol. The molecule has 0 amide bonds. The van der Waals surface area contributed by atoms with E-state index in [1.54, 1.807) is 10.4 Å². The van der Waals surface area contributed by atoms with Gasteiger partial charge in [0.15, 0.2) is 0 Å². The molecule has 0 spiro atoms. The molecule has 0 saturated heterocycles. The third-order valence-electron chi connectivity index (χ3n) is 6.68. The van der Waals surface area contributed by atoms with E-state index in [9.17, 15) is 0 Å². The van der Waals surface area contributed by atoms with Crippen molar-refractivity contribution in [3.63, 3.8) is 0 Å². The van der Waals surface area contributed by atoms with E-state index in [0.29, 0.717) is 0 Å². The smallest absolute Gasteiger partial charge is 0.119 e. The van der Waals surface area contributed by atoms with Gasteiger partial charge in [0.05, 0.1) is 0 Å². The molecular formula is C31H35NSi. The molecule has 0 unspecified atom stereocenters. The van der Waals surface area contributed by atoms with Crippen LogP contribution in [-0.2, 0) is 13.1 Å². The van der Waals surface area contributed by atoms with Gasteiger partial charge >= 0.3 is 0 Å². The first-order valence-electron chi connectivity index (χ1n) is 12.2. The summed E-state index contributed by atoms with van der Waals surface area (Å²) in [7, 11) is -1.89. The van der Waals surface area contributed by atoms with Gasteiger partial charge in [0, 0.05) is 13.1 Å². The highest BCUT2D eigenvalue weighted by Gasteiger charge is 2.36. The number of benzene rings is 4. The van der Waals surface area contributed by atoms with Gasteiger partial charge in [-0.1, -0.05) is 145 Å². The van der Waals surface area contributed by atoms with Crippen LogP contribution in [-0.4, -0.2) is 19.5 Å². The molecule has 2 heteroatoms. The van der Waals surface area contributed by atoms with Crippen LogP contribution in [0.2, 0.25) is 12.1 Å². The Morgan fingerprint density at radius 1 is 0.515 bits per heavy atom. The highest BCUT2D eigenvalue weighted by Crippen LogP contribution is 2.21. The summed E-state index contributed by atoms with van der Waals surface area (Å²) in [6.07, 6.45) is 1.22. The molecule has 0 aliphatic rings. The molecule has 4 aromatic carbocycles. The van der Waals surface area contributed by atoms with Crippen LogP contribution in [0.25, 0.3) is 0 Å². The molecule has 0 radical (unpaired) electrons. The summed E-state index contributed by atoms with van der Waals surface area (Å²) >= 11 is 0. The molecule has 33 heavy (non-hydrogen) atoms. The van der Waals surface area contributed by atoms with E-state index in [0.717, 1.165) is 19.6 Å². The van der Waals surface area contributed by atoms with Gasteiger partial charge in [-0.25, -0.2) is 0 Å². The first kappa shape index (κ1) is 23.2. The molecule has 0 fully saturated rings. The normalized spacial score (nSPS) is 11.6. The second-order valence-electron chi connectivity index (χ2n) is 9.00. The molecule has 0 heterocycles. The quantitative estimate of drug-likeness (QED) is 0.241. The van der Waals surface area contributed by atoms with Gasteiger partial charge < -0.3 is 0 Å². The van der Waals surface area contributed by atoms with Crippen LogP contribution >= 0.6 is 0 Å². The van der Waals surface area contributed by atoms with Gasteiger partial charge in [0.25, 0.3) is 0 Å². The summed E-state index contributed by atoms with van der Waals surface area (Å²) in [5.41, 5.74) is 2.77. The second-order valence-corrected chi connectivity index (χ2v) is 13.3. The summed E-state index contributed by atoms with van der Waals surface area (Å²) < 4.78 is 0. The minimum absolute atomic E-state index is 0.982. The zero-order valence-corrected chi connectivity index (χ0v) is 20.7. The van der Waals surface area contributed by atoms with E-state index in [4.69, 9.17) is 0 Å². The van der Waals surface area contributed by atoms with E-state index in [-0.39, 0.29) is 0 Å². The van der Waals surface area contributed by atoms with Crippen LogP contribution in [0.5, 0.6) is 0 Å². The first-order valence-corrected chi connectivity index (χ1v) is 14.6. The fourth-order valence-electron chi connectivity index (χ4n) is 5.06. The minimum Gasteiger partial charge on any atom is -0.295 e. The van der Waals surface area contributed by atoms with Crippen molar-refractivity contribution in [3.8, 4) is 0 Å². The predicted octanol–water partition coefficient (Wildman–Crippen LogP) is 6.36. The van der Waals surface area contributed by atoms with Gasteiger partial charge in [0.1, 0.15) is 8.07 Å². The zero-order chi connectivity index (χ0) is 22.8. The molecular weight excluding hydrogens is 414 g/mol. The second kappa shape index (κ2) is 11.8. The lowest BCUT2D eigenvalue weighted by atomic mass is 10.1. The Labute approximate surface area is 200 Å². The Morgan fingerprint density at radius 3 is 1.30 bits per heavy atom. The van der Waals surface area contributed by atoms with Gasteiger partial charge in [-0.05, 0) is 29.8 Å². The van der Waals surface area contributed by atoms with Gasteiger partial charge in [-0.2, -0.15) is 0 Å². The Bertz CT molecular complexity index is 984. The molecule has 0 saturated carbocycles. The third-order valence-corrected chi connectivity index (χ3v) is 12.0. The predicted molar refractivity (Wildman–Crippen MR) is 145 cm³/mol. The fourth-order valence-corrected chi connectivity index (χ4v) is 10.0. The molecule has 4 aromatic rings. The molecule has 0 aromatic heterocycles. The maximum Gasteiger partial charge on any atom is 0.119 e. The Kier molecular flexibility index (Phi) is 8.29. The van der Waals surface area contributed by atoms with Crippen molar-refractivity contribution in [3.05, 3.63) is 132 Å². The first-order chi connectivity index (χ1) is 16.3. The number of rotatable bonds is 11. The maximum absolute atomic E-state index is 2.65. The van der Waals surface area contributed by atoms with Crippen molar-refractivity contribution in [2.75, 3.05) is 6.54 Å². The van der Waals surface area contributed by atoms with Crippen molar-refractivity contribution in [2.24, 2.45) is 0 Å². The molecule has 0 N–H and O–H groups in total. The Balaban J connectivity index is 1.65. The minimum atomic E-state index is -1.89. The van der Waals surface area contributed by atoms with Gasteiger partial charge in [-0.3, -0.25) is 4.90 Å². The van der Waals surface area contributed by atoms with Crippen LogP contribution in [0.4, 0.5) is 0 Å². The Hall–Kier alpha value is -2.94. The van der Waals surface area contributed by atoms with Crippen molar-refractivity contribution in [1.29, 1.82) is 0 Å². The van der Waals surface area contributed by atoms with Crippen LogP contribution in [0.3, 0.4) is 0 Å². The third kappa shape index (κ3) is 6.10. The van der Waals surface area contributed by atoms with Crippen molar-refractivity contribution < 1.29 is 0 Å². The van der Waals surface area contributed by atoms with E-state index >= 15 is 0 Å². The van der Waals surface area contributed by atoms with E-state index < -0.39 is 8.07 Å². The van der Waals surface area contributed by atoms with Gasteiger partial charge in [-0.15, -0.1) is 0 Å². The summed E-state index contributed by atoms with van der Waals surface area (Å²) in [5.74, 6) is 0. The number of hydrogen-bond donors (Lipinski definition) is 0. The van der Waals surface area contributed by atoms with Crippen molar-refractivity contribution >= 4 is 18.4 Å². The molecule has 168 valence electrons. The summed E-state index contributed by atoms with van der Waals surface area (Å²) in [4.78, 5) is 2.65. The molecule has 0 atom stereocenters. The highest BCUT2D eigenvalue weighted by molar-refractivity contribution is 7.02. The Morgan fingerprint density at radius 2 is 0.909 bits per heavy atom. The average Bonchev–Trinajstić information content (AvgIpc) is 2.89. The standard InChI is InChI=1S/C31H35NSi/c1-2-24-33(30-19-11-5-12-20-30,31-21-13-6-14-22-31)25-23-32(26-28-15-7-3-8-16-28)27-29-17-9-4-10-18-29/h3-22H,2,23-27H2,1H3. The largest absolute Gasteiger partial charge is 0.295 e. The lowest BCUT2D eigenvalue weighted by Crippen LogP contribution is -2.59. The lowest BCUT2D eigenvalue weighted by Gasteiger charge is -2.35. The number of hydrogen-bond acceptors (Lipinski definition) is 1. The monoisotopic (exact) mass is 449 g/mol.